The second kappa shape index (κ2) is 9.56. The van der Waals surface area contributed by atoms with Crippen LogP contribution in [0.3, 0.4) is 0 Å². The van der Waals surface area contributed by atoms with Crippen molar-refractivity contribution in [3.8, 4) is 6.07 Å². The van der Waals surface area contributed by atoms with Crippen LogP contribution in [-0.2, 0) is 11.0 Å². The molecular weight excluding hydrogens is 464 g/mol. The first kappa shape index (κ1) is 24.5. The van der Waals surface area contributed by atoms with Crippen LogP contribution < -0.4 is 10.6 Å². The third-order valence-corrected chi connectivity index (χ3v) is 7.05. The van der Waals surface area contributed by atoms with E-state index in [1.165, 1.54) is 36.4 Å². The van der Waals surface area contributed by atoms with Crippen LogP contribution in [0.15, 0.2) is 42.5 Å². The summed E-state index contributed by atoms with van der Waals surface area (Å²) in [5.74, 6) is -1.86. The number of carbonyl (C=O) groups excluding carboxylic acids is 2. The lowest BCUT2D eigenvalue weighted by molar-refractivity contribution is -0.137. The van der Waals surface area contributed by atoms with Crippen molar-refractivity contribution < 1.29 is 27.2 Å². The molecule has 2 fully saturated rings. The van der Waals surface area contributed by atoms with E-state index in [9.17, 15) is 27.2 Å². The highest BCUT2D eigenvalue weighted by molar-refractivity contribution is 5.95. The minimum atomic E-state index is -4.63. The number of likely N-dealkylation sites (tertiary alicyclic amines) is 1. The Labute approximate surface area is 199 Å². The summed E-state index contributed by atoms with van der Waals surface area (Å²) in [7, 11) is 0. The number of nitrogens with zero attached hydrogens (tertiary/aromatic N) is 3. The number of benzene rings is 2. The third-order valence-electron chi connectivity index (χ3n) is 7.05. The van der Waals surface area contributed by atoms with E-state index in [4.69, 9.17) is 11.0 Å². The molecule has 0 aliphatic carbocycles. The number of amides is 2. The van der Waals surface area contributed by atoms with Gasteiger partial charge in [-0.3, -0.25) is 9.59 Å². The number of piperidine rings is 1. The average Bonchev–Trinajstić information content (AvgIpc) is 3.29. The number of rotatable bonds is 4. The Morgan fingerprint density at radius 1 is 1.03 bits per heavy atom. The van der Waals surface area contributed by atoms with Gasteiger partial charge >= 0.3 is 6.18 Å². The van der Waals surface area contributed by atoms with Gasteiger partial charge in [-0.2, -0.15) is 18.4 Å². The number of halogens is 4. The lowest BCUT2D eigenvalue weighted by atomic mass is 9.78. The zero-order valence-corrected chi connectivity index (χ0v) is 18.8. The molecule has 4 rings (SSSR count). The van der Waals surface area contributed by atoms with E-state index < -0.39 is 34.9 Å². The minimum Gasteiger partial charge on any atom is -0.372 e. The van der Waals surface area contributed by atoms with Crippen LogP contribution in [0, 0.1) is 34.9 Å². The van der Waals surface area contributed by atoms with Crippen LogP contribution >= 0.6 is 0 Å². The van der Waals surface area contributed by atoms with Crippen molar-refractivity contribution in [3.05, 3.63) is 65.0 Å². The van der Waals surface area contributed by atoms with Crippen LogP contribution in [0.25, 0.3) is 0 Å². The number of anilines is 1. The fourth-order valence-corrected chi connectivity index (χ4v) is 5.20. The molecule has 0 saturated carbocycles. The maximum atomic E-state index is 13.3. The molecule has 184 valence electrons. The molecule has 6 nitrogen and oxygen atoms in total. The lowest BCUT2D eigenvalue weighted by Gasteiger charge is -2.37. The first-order valence-electron chi connectivity index (χ1n) is 11.3. The molecule has 2 N–H and O–H groups in total. The van der Waals surface area contributed by atoms with Gasteiger partial charge in [0.1, 0.15) is 5.82 Å². The summed E-state index contributed by atoms with van der Waals surface area (Å²) in [6, 6.07) is 10.5. The highest BCUT2D eigenvalue weighted by Gasteiger charge is 2.43. The summed E-state index contributed by atoms with van der Waals surface area (Å²) in [6.45, 7) is 1.47. The summed E-state index contributed by atoms with van der Waals surface area (Å²) in [6.07, 6.45) is -3.39. The molecule has 2 saturated heterocycles. The average molecular weight is 488 g/mol. The molecular formula is C25H24F4N4O2. The maximum absolute atomic E-state index is 13.3. The van der Waals surface area contributed by atoms with Crippen LogP contribution in [0.2, 0.25) is 0 Å². The zero-order chi connectivity index (χ0) is 25.3. The van der Waals surface area contributed by atoms with Gasteiger partial charge in [0.15, 0.2) is 0 Å². The normalized spacial score (nSPS) is 21.1. The van der Waals surface area contributed by atoms with Gasteiger partial charge in [0.25, 0.3) is 5.91 Å². The molecule has 0 aromatic heterocycles. The zero-order valence-electron chi connectivity index (χ0n) is 18.8. The Morgan fingerprint density at radius 2 is 1.69 bits per heavy atom. The molecule has 2 heterocycles. The van der Waals surface area contributed by atoms with Gasteiger partial charge in [-0.25, -0.2) is 4.39 Å². The van der Waals surface area contributed by atoms with E-state index in [2.05, 4.69) is 0 Å². The predicted molar refractivity (Wildman–Crippen MR) is 120 cm³/mol. The smallest absolute Gasteiger partial charge is 0.372 e. The molecule has 2 aliphatic rings. The van der Waals surface area contributed by atoms with Crippen LogP contribution in [0.1, 0.15) is 34.3 Å². The van der Waals surface area contributed by atoms with Gasteiger partial charge in [0.05, 0.1) is 23.1 Å². The van der Waals surface area contributed by atoms with Crippen molar-refractivity contribution in [2.45, 2.75) is 19.0 Å². The van der Waals surface area contributed by atoms with E-state index in [0.29, 0.717) is 43.7 Å². The number of alkyl halides is 3. The predicted octanol–water partition coefficient (Wildman–Crippen LogP) is 3.81. The maximum Gasteiger partial charge on any atom is 0.417 e. The van der Waals surface area contributed by atoms with Crippen LogP contribution in [0.4, 0.5) is 23.2 Å². The van der Waals surface area contributed by atoms with Crippen molar-refractivity contribution in [1.29, 1.82) is 5.26 Å². The van der Waals surface area contributed by atoms with Crippen molar-refractivity contribution in [2.24, 2.45) is 23.5 Å². The standard InChI is InChI=1S/C25H24F4N4O2/c26-18-4-1-16(2-5-18)24(35)33-13-20(21(14-33)23(31)34)15-7-9-32(10-8-15)19-6-3-17(12-30)22(11-19)25(27,28)29/h1-6,11,15,20-21H,7-10,13-14H2,(H2,31,34)/t20-,21+/m0/s1. The third kappa shape index (κ3) is 5.09. The van der Waals surface area contributed by atoms with Gasteiger partial charge in [-0.15, -0.1) is 0 Å². The van der Waals surface area contributed by atoms with E-state index in [1.807, 2.05) is 4.90 Å². The van der Waals surface area contributed by atoms with E-state index in [-0.39, 0.29) is 24.3 Å². The topological polar surface area (TPSA) is 90.4 Å². The van der Waals surface area contributed by atoms with Crippen molar-refractivity contribution in [2.75, 3.05) is 31.1 Å². The summed E-state index contributed by atoms with van der Waals surface area (Å²) in [4.78, 5) is 28.5. The summed E-state index contributed by atoms with van der Waals surface area (Å²) in [5, 5.41) is 9.01. The Bertz CT molecular complexity index is 1150. The lowest BCUT2D eigenvalue weighted by Crippen LogP contribution is -2.40. The molecule has 2 amide bonds. The van der Waals surface area contributed by atoms with Gasteiger partial charge in [0.2, 0.25) is 5.91 Å². The number of hydrogen-bond acceptors (Lipinski definition) is 4. The van der Waals surface area contributed by atoms with Crippen molar-refractivity contribution in [3.63, 3.8) is 0 Å². The Hall–Kier alpha value is -3.61. The van der Waals surface area contributed by atoms with Crippen molar-refractivity contribution in [1.82, 2.24) is 4.90 Å². The molecule has 0 spiro atoms. The molecule has 2 aromatic carbocycles. The van der Waals surface area contributed by atoms with Gasteiger partial charge in [0, 0.05) is 37.4 Å². The first-order valence-corrected chi connectivity index (χ1v) is 11.3. The van der Waals surface area contributed by atoms with Gasteiger partial charge in [-0.05, 0) is 67.1 Å². The number of hydrogen-bond donors (Lipinski definition) is 1. The Morgan fingerprint density at radius 3 is 2.26 bits per heavy atom. The fraction of sp³-hybridized carbons (Fsp3) is 0.400. The van der Waals surface area contributed by atoms with Gasteiger partial charge < -0.3 is 15.5 Å². The number of nitrogens with two attached hydrogens (primary N) is 1. The molecule has 35 heavy (non-hydrogen) atoms. The largest absolute Gasteiger partial charge is 0.417 e. The highest BCUT2D eigenvalue weighted by atomic mass is 19.4. The summed E-state index contributed by atoms with van der Waals surface area (Å²) < 4.78 is 53.3. The quantitative estimate of drug-likeness (QED) is 0.663. The monoisotopic (exact) mass is 488 g/mol. The Kier molecular flexibility index (Phi) is 6.70. The molecule has 10 heteroatoms. The van der Waals surface area contributed by atoms with E-state index >= 15 is 0 Å². The van der Waals surface area contributed by atoms with E-state index in [0.717, 1.165) is 6.07 Å². The Balaban J connectivity index is 1.45. The first-order chi connectivity index (χ1) is 16.6. The summed E-state index contributed by atoms with van der Waals surface area (Å²) >= 11 is 0. The van der Waals surface area contributed by atoms with E-state index in [1.54, 1.807) is 11.0 Å². The SMILES string of the molecule is N#Cc1ccc(N2CCC([C@@H]3CN(C(=O)c4ccc(F)cc4)C[C@H]3C(N)=O)CC2)cc1C(F)(F)F. The van der Waals surface area contributed by atoms with Crippen LogP contribution in [0.5, 0.6) is 0 Å². The second-order valence-corrected chi connectivity index (χ2v) is 9.05. The van der Waals surface area contributed by atoms with Crippen molar-refractivity contribution >= 4 is 17.5 Å². The second-order valence-electron chi connectivity index (χ2n) is 9.05. The number of carbonyl (C=O) groups is 2. The number of nitriles is 1. The molecule has 0 unspecified atom stereocenters. The molecule has 0 radical (unpaired) electrons. The number of primary amides is 1. The highest BCUT2D eigenvalue weighted by Crippen LogP contribution is 2.39. The fourth-order valence-electron chi connectivity index (χ4n) is 5.20. The minimum absolute atomic E-state index is 0.0650. The molecule has 2 aliphatic heterocycles. The van der Waals surface area contributed by atoms with Crippen LogP contribution in [-0.4, -0.2) is 42.9 Å². The molecule has 0 bridgehead atoms. The molecule has 2 atom stereocenters. The van der Waals surface area contributed by atoms with Gasteiger partial charge in [-0.1, -0.05) is 0 Å². The molecule has 2 aromatic rings. The summed E-state index contributed by atoms with van der Waals surface area (Å²) in [5.41, 5.74) is 4.99.